The lowest BCUT2D eigenvalue weighted by Crippen LogP contribution is -2.40. The predicted octanol–water partition coefficient (Wildman–Crippen LogP) is 2.51. The molecule has 1 amide bonds. The average Bonchev–Trinajstić information content (AvgIpc) is 2.89. The zero-order valence-corrected chi connectivity index (χ0v) is 12.7. The van der Waals surface area contributed by atoms with E-state index in [4.69, 9.17) is 0 Å². The minimum atomic E-state index is -0.0152. The summed E-state index contributed by atoms with van der Waals surface area (Å²) < 4.78 is 0. The van der Waals surface area contributed by atoms with Gasteiger partial charge < -0.3 is 4.90 Å². The van der Waals surface area contributed by atoms with Crippen molar-refractivity contribution >= 4 is 17.3 Å². The van der Waals surface area contributed by atoms with Gasteiger partial charge in [0.25, 0.3) is 5.91 Å². The summed E-state index contributed by atoms with van der Waals surface area (Å²) in [4.78, 5) is 14.3. The first-order valence-electron chi connectivity index (χ1n) is 8.16. The van der Waals surface area contributed by atoms with Gasteiger partial charge in [0.2, 0.25) is 0 Å². The number of amides is 1. The van der Waals surface area contributed by atoms with E-state index in [0.717, 1.165) is 37.9 Å². The number of hydrogen-bond acceptors (Lipinski definition) is 3. The van der Waals surface area contributed by atoms with Gasteiger partial charge in [0, 0.05) is 23.9 Å². The van der Waals surface area contributed by atoms with Crippen molar-refractivity contribution in [3.63, 3.8) is 0 Å². The van der Waals surface area contributed by atoms with E-state index in [9.17, 15) is 4.79 Å². The number of nitrogens with zero attached hydrogens (tertiary/aromatic N) is 2. The molecule has 2 aliphatic carbocycles. The highest BCUT2D eigenvalue weighted by atomic mass is 16.2. The number of hydrazone groups is 1. The molecule has 2 atom stereocenters. The van der Waals surface area contributed by atoms with Crippen LogP contribution in [-0.4, -0.2) is 24.7 Å². The first-order valence-corrected chi connectivity index (χ1v) is 8.16. The number of allylic oxidation sites excluding steroid dienone is 2. The first kappa shape index (κ1) is 13.6. The lowest BCUT2D eigenvalue weighted by atomic mass is 9.74. The summed E-state index contributed by atoms with van der Waals surface area (Å²) in [6, 6.07) is 8.36. The minimum absolute atomic E-state index is 0.0152. The van der Waals surface area contributed by atoms with Gasteiger partial charge in [0.05, 0.1) is 6.54 Å². The number of anilines is 1. The molecule has 1 heterocycles. The molecule has 1 aromatic rings. The van der Waals surface area contributed by atoms with E-state index in [1.54, 1.807) is 0 Å². The van der Waals surface area contributed by atoms with E-state index in [2.05, 4.69) is 45.8 Å². The molecule has 0 unspecified atom stereocenters. The highest BCUT2D eigenvalue weighted by Crippen LogP contribution is 2.40. The van der Waals surface area contributed by atoms with Crippen molar-refractivity contribution < 1.29 is 4.79 Å². The fourth-order valence-corrected chi connectivity index (χ4v) is 3.78. The summed E-state index contributed by atoms with van der Waals surface area (Å²) >= 11 is 0. The van der Waals surface area contributed by atoms with Gasteiger partial charge in [-0.2, -0.15) is 5.10 Å². The smallest absolute Gasteiger partial charge is 0.259 e. The van der Waals surface area contributed by atoms with E-state index in [-0.39, 0.29) is 5.91 Å². The molecule has 1 saturated carbocycles. The van der Waals surface area contributed by atoms with E-state index in [0.29, 0.717) is 18.4 Å². The van der Waals surface area contributed by atoms with E-state index < -0.39 is 0 Å². The maximum absolute atomic E-state index is 12.2. The molecule has 0 spiro atoms. The van der Waals surface area contributed by atoms with Crippen LogP contribution in [0.15, 0.2) is 41.5 Å². The van der Waals surface area contributed by atoms with Crippen LogP contribution in [0.5, 0.6) is 0 Å². The summed E-state index contributed by atoms with van der Waals surface area (Å²) in [5.41, 5.74) is 6.44. The Bertz CT molecular complexity index is 649. The van der Waals surface area contributed by atoms with E-state index >= 15 is 0 Å². The lowest BCUT2D eigenvalue weighted by Gasteiger charge is -2.32. The molecule has 1 aromatic carbocycles. The Morgan fingerprint density at radius 3 is 3.18 bits per heavy atom. The zero-order chi connectivity index (χ0) is 14.9. The summed E-state index contributed by atoms with van der Waals surface area (Å²) in [5, 5.41) is 4.34. The Morgan fingerprint density at radius 2 is 2.27 bits per heavy atom. The molecule has 22 heavy (non-hydrogen) atoms. The van der Waals surface area contributed by atoms with Gasteiger partial charge in [-0.25, -0.2) is 5.43 Å². The van der Waals surface area contributed by atoms with Gasteiger partial charge in [-0.3, -0.25) is 4.79 Å². The molecule has 0 saturated heterocycles. The molecular formula is C18H21N3O. The van der Waals surface area contributed by atoms with E-state index in [1.807, 2.05) is 6.07 Å². The average molecular weight is 295 g/mol. The molecule has 1 fully saturated rings. The quantitative estimate of drug-likeness (QED) is 0.688. The fourth-order valence-electron chi connectivity index (χ4n) is 3.78. The monoisotopic (exact) mass is 295 g/mol. The largest absolute Gasteiger partial charge is 0.362 e. The summed E-state index contributed by atoms with van der Waals surface area (Å²) in [5.74, 6) is 1.21. The van der Waals surface area contributed by atoms with Crippen LogP contribution in [0.2, 0.25) is 0 Å². The van der Waals surface area contributed by atoms with Crippen molar-refractivity contribution in [3.05, 3.63) is 42.0 Å². The van der Waals surface area contributed by atoms with Crippen molar-refractivity contribution in [1.29, 1.82) is 0 Å². The van der Waals surface area contributed by atoms with Gasteiger partial charge in [-0.1, -0.05) is 30.4 Å². The van der Waals surface area contributed by atoms with Crippen molar-refractivity contribution in [2.45, 2.75) is 25.7 Å². The Morgan fingerprint density at radius 1 is 1.36 bits per heavy atom. The Labute approximate surface area is 130 Å². The van der Waals surface area contributed by atoms with Crippen LogP contribution in [0.25, 0.3) is 0 Å². The number of benzene rings is 1. The molecular weight excluding hydrogens is 274 g/mol. The zero-order valence-electron chi connectivity index (χ0n) is 12.7. The van der Waals surface area contributed by atoms with Crippen LogP contribution in [-0.2, 0) is 11.2 Å². The van der Waals surface area contributed by atoms with Crippen LogP contribution in [0, 0.1) is 11.8 Å². The maximum atomic E-state index is 12.2. The molecule has 4 rings (SSSR count). The fraction of sp³-hybridized carbons (Fsp3) is 0.444. The molecule has 4 nitrogen and oxygen atoms in total. The number of carbonyl (C=O) groups is 1. The van der Waals surface area contributed by atoms with Gasteiger partial charge in [0.15, 0.2) is 0 Å². The second kappa shape index (κ2) is 5.59. The third kappa shape index (κ3) is 2.43. The van der Waals surface area contributed by atoms with Gasteiger partial charge in [0.1, 0.15) is 0 Å². The van der Waals surface area contributed by atoms with Gasteiger partial charge in [-0.05, 0) is 43.2 Å². The number of carbonyl (C=O) groups excluding carboxylic acids is 1. The van der Waals surface area contributed by atoms with Crippen molar-refractivity contribution in [2.24, 2.45) is 16.9 Å². The standard InChI is InChI=1S/C18H21N3O/c22-18(20-19-16-11-14-6-3-8-15(14)16)12-21-10-4-7-13-5-1-2-9-17(13)21/h1-3,5-6,9,14-15H,4,7-8,10-12H2,(H,20,22)/b19-16-/t14-,15-/m0/s1. The Hall–Kier alpha value is -2.10. The van der Waals surface area contributed by atoms with Crippen LogP contribution in [0.3, 0.4) is 0 Å². The van der Waals surface area contributed by atoms with Gasteiger partial charge in [-0.15, -0.1) is 0 Å². The molecule has 1 N–H and O–H groups in total. The third-order valence-corrected chi connectivity index (χ3v) is 5.03. The van der Waals surface area contributed by atoms with Crippen molar-refractivity contribution in [1.82, 2.24) is 5.43 Å². The highest BCUT2D eigenvalue weighted by Gasteiger charge is 2.38. The molecule has 0 bridgehead atoms. The Kier molecular flexibility index (Phi) is 3.45. The minimum Gasteiger partial charge on any atom is -0.362 e. The highest BCUT2D eigenvalue weighted by molar-refractivity contribution is 5.95. The van der Waals surface area contributed by atoms with E-state index in [1.165, 1.54) is 11.3 Å². The number of hydrogen-bond donors (Lipinski definition) is 1. The molecule has 1 aliphatic heterocycles. The van der Waals surface area contributed by atoms with Crippen molar-refractivity contribution in [2.75, 3.05) is 18.0 Å². The molecule has 4 heteroatoms. The number of para-hydroxylation sites is 1. The second-order valence-corrected chi connectivity index (χ2v) is 6.43. The molecule has 0 aromatic heterocycles. The number of rotatable bonds is 3. The van der Waals surface area contributed by atoms with Crippen LogP contribution < -0.4 is 10.3 Å². The van der Waals surface area contributed by atoms with Crippen LogP contribution in [0.4, 0.5) is 5.69 Å². The SMILES string of the molecule is O=C(CN1CCCc2ccccc21)N/N=C1/C[C@@H]2C=CC[C@H]12. The number of fused-ring (bicyclic) bond motifs is 2. The molecule has 114 valence electrons. The normalized spacial score (nSPS) is 27.3. The second-order valence-electron chi connectivity index (χ2n) is 6.43. The first-order chi connectivity index (χ1) is 10.8. The molecule has 0 radical (unpaired) electrons. The topological polar surface area (TPSA) is 44.7 Å². The summed E-state index contributed by atoms with van der Waals surface area (Å²) in [7, 11) is 0. The van der Waals surface area contributed by atoms with Crippen LogP contribution in [0.1, 0.15) is 24.8 Å². The number of aryl methyl sites for hydroxylation is 1. The summed E-state index contributed by atoms with van der Waals surface area (Å²) in [6.45, 7) is 1.33. The number of nitrogens with one attached hydrogen (secondary N) is 1. The summed E-state index contributed by atoms with van der Waals surface area (Å²) in [6.07, 6.45) is 8.80. The van der Waals surface area contributed by atoms with Crippen LogP contribution >= 0.6 is 0 Å². The third-order valence-electron chi connectivity index (χ3n) is 5.03. The Balaban J connectivity index is 1.36. The molecule has 3 aliphatic rings. The van der Waals surface area contributed by atoms with Crippen molar-refractivity contribution in [3.8, 4) is 0 Å². The predicted molar refractivity (Wildman–Crippen MR) is 87.9 cm³/mol. The lowest BCUT2D eigenvalue weighted by molar-refractivity contribution is -0.119. The maximum Gasteiger partial charge on any atom is 0.259 e. The van der Waals surface area contributed by atoms with Gasteiger partial charge >= 0.3 is 0 Å².